The van der Waals surface area contributed by atoms with Gasteiger partial charge in [-0.3, -0.25) is 0 Å². The summed E-state index contributed by atoms with van der Waals surface area (Å²) in [4.78, 5) is 20.8. The summed E-state index contributed by atoms with van der Waals surface area (Å²) < 4.78 is 1.76. The zero-order valence-electron chi connectivity index (χ0n) is 18.1. The second-order valence-electron chi connectivity index (χ2n) is 7.78. The molecule has 0 saturated heterocycles. The van der Waals surface area contributed by atoms with Crippen molar-refractivity contribution < 1.29 is 26.0 Å². The molecule has 0 spiro atoms. The minimum atomic E-state index is -0.248. The molecule has 1 unspecified atom stereocenters. The molecule has 4 aromatic carbocycles. The van der Waals surface area contributed by atoms with Gasteiger partial charge in [-0.15, -0.1) is 0 Å². The van der Waals surface area contributed by atoms with E-state index in [1.54, 1.807) is 0 Å². The molecule has 0 aliphatic carbocycles. The average molecular weight is 544 g/mol. The maximum absolute atomic E-state index is 12.9. The number of H-pyrrole nitrogens is 1. The molecule has 164 valence electrons. The molecule has 1 aromatic heterocycles. The quantitative estimate of drug-likeness (QED) is 0.254. The molecule has 1 atom stereocenters. The second-order valence-corrected chi connectivity index (χ2v) is 11.5. The van der Waals surface area contributed by atoms with Crippen molar-refractivity contribution in [2.24, 2.45) is 0 Å². The molecular formula is C28H23IN3O-. The monoisotopic (exact) mass is 544 g/mol. The number of halogens is 1. The number of hydrogen-bond acceptors (Lipinski definition) is 2. The Morgan fingerprint density at radius 1 is 0.879 bits per heavy atom. The summed E-state index contributed by atoms with van der Waals surface area (Å²) in [6, 6.07) is 34.3. The first-order valence-corrected chi connectivity index (χ1v) is 13.1. The van der Waals surface area contributed by atoms with Gasteiger partial charge in [-0.1, -0.05) is 12.1 Å². The summed E-state index contributed by atoms with van der Waals surface area (Å²) >= 11 is -0.248. The van der Waals surface area contributed by atoms with E-state index in [0.717, 1.165) is 28.1 Å². The number of rotatable bonds is 6. The normalized spacial score (nSPS) is 12.0. The van der Waals surface area contributed by atoms with Crippen molar-refractivity contribution in [3.8, 4) is 11.4 Å². The van der Waals surface area contributed by atoms with Gasteiger partial charge in [0.2, 0.25) is 0 Å². The number of aromatic amines is 1. The Bertz CT molecular complexity index is 1360. The van der Waals surface area contributed by atoms with Gasteiger partial charge < -0.3 is 0 Å². The van der Waals surface area contributed by atoms with E-state index < -0.39 is 0 Å². The van der Waals surface area contributed by atoms with Gasteiger partial charge in [0, 0.05) is 0 Å². The second kappa shape index (κ2) is 9.58. The van der Waals surface area contributed by atoms with E-state index in [9.17, 15) is 4.79 Å². The number of alkyl halides is 1. The van der Waals surface area contributed by atoms with E-state index in [4.69, 9.17) is 0 Å². The number of fused-ring (bicyclic) bond motifs is 1. The van der Waals surface area contributed by atoms with Crippen LogP contribution in [-0.4, -0.2) is 15.9 Å². The van der Waals surface area contributed by atoms with E-state index >= 15 is 0 Å². The van der Waals surface area contributed by atoms with E-state index in [1.165, 1.54) is 9.13 Å². The van der Waals surface area contributed by atoms with Crippen molar-refractivity contribution in [1.29, 1.82) is 0 Å². The van der Waals surface area contributed by atoms with Crippen LogP contribution in [0.4, 0.5) is 5.69 Å². The van der Waals surface area contributed by atoms with Gasteiger partial charge >= 0.3 is 180 Å². The van der Waals surface area contributed by atoms with Gasteiger partial charge in [-0.25, -0.2) is 0 Å². The van der Waals surface area contributed by atoms with Crippen LogP contribution in [0.25, 0.3) is 22.4 Å². The fourth-order valence-electron chi connectivity index (χ4n) is 3.67. The Morgan fingerprint density at radius 2 is 1.64 bits per heavy atom. The van der Waals surface area contributed by atoms with Gasteiger partial charge in [-0.05, 0) is 12.1 Å². The first kappa shape index (κ1) is 21.4. The van der Waals surface area contributed by atoms with Crippen LogP contribution in [0.3, 0.4) is 0 Å². The third-order valence-corrected chi connectivity index (χ3v) is 8.48. The standard InChI is InChI=1S/C28H23IN3O/c1-19(20-8-3-2-4-9-20)29-23-11-7-10-22(18-23)28(33)30-24-16-14-21(15-17-24)27-31-25-12-5-6-13-26(25)32-27/h2-19H,1H3,(H,30,33)(H,31,32)/q-1. The SMILES string of the molecule is CC([I-]c1cccc(C(=O)Nc2ccc(-c3nc4ccccc4[nH]3)cc2)c1)c1ccccc1. The van der Waals surface area contributed by atoms with Crippen LogP contribution in [-0.2, 0) is 0 Å². The number of para-hydroxylation sites is 2. The van der Waals surface area contributed by atoms with Crippen molar-refractivity contribution in [1.82, 2.24) is 9.97 Å². The van der Waals surface area contributed by atoms with Gasteiger partial charge in [0.15, 0.2) is 0 Å². The first-order valence-electron chi connectivity index (χ1n) is 10.8. The third-order valence-electron chi connectivity index (χ3n) is 5.44. The number of aromatic nitrogens is 2. The fourth-order valence-corrected chi connectivity index (χ4v) is 6.46. The summed E-state index contributed by atoms with van der Waals surface area (Å²) in [6.45, 7) is 2.26. The molecule has 2 N–H and O–H groups in total. The topological polar surface area (TPSA) is 57.8 Å². The maximum atomic E-state index is 12.9. The molecular weight excluding hydrogens is 521 g/mol. The molecule has 0 radical (unpaired) electrons. The number of imidazole rings is 1. The number of benzene rings is 4. The van der Waals surface area contributed by atoms with Gasteiger partial charge in [0.05, 0.1) is 0 Å². The number of carbonyl (C=O) groups excluding carboxylic acids is 1. The molecule has 1 heterocycles. The van der Waals surface area contributed by atoms with Crippen LogP contribution in [0, 0.1) is 3.57 Å². The average Bonchev–Trinajstić information content (AvgIpc) is 3.29. The number of nitrogens with zero attached hydrogens (tertiary/aromatic N) is 1. The van der Waals surface area contributed by atoms with Crippen LogP contribution < -0.4 is 26.5 Å². The number of nitrogens with one attached hydrogen (secondary N) is 2. The summed E-state index contributed by atoms with van der Waals surface area (Å²) in [5, 5.41) is 3.02. The van der Waals surface area contributed by atoms with Crippen LogP contribution in [0.5, 0.6) is 0 Å². The molecule has 5 rings (SSSR count). The first-order chi connectivity index (χ1) is 16.2. The van der Waals surface area contributed by atoms with Crippen molar-refractivity contribution in [2.45, 2.75) is 10.8 Å². The van der Waals surface area contributed by atoms with Crippen molar-refractivity contribution in [3.63, 3.8) is 0 Å². The molecule has 0 fully saturated rings. The van der Waals surface area contributed by atoms with Gasteiger partial charge in [0.1, 0.15) is 0 Å². The van der Waals surface area contributed by atoms with E-state index in [2.05, 4.69) is 52.5 Å². The Balaban J connectivity index is 1.27. The molecule has 0 aliphatic heterocycles. The number of anilines is 1. The van der Waals surface area contributed by atoms with E-state index in [1.807, 2.05) is 72.8 Å². The molecule has 0 bridgehead atoms. The van der Waals surface area contributed by atoms with E-state index in [-0.39, 0.29) is 27.1 Å². The van der Waals surface area contributed by atoms with Crippen molar-refractivity contribution >= 4 is 22.6 Å². The zero-order valence-corrected chi connectivity index (χ0v) is 20.3. The van der Waals surface area contributed by atoms with Crippen LogP contribution in [0.15, 0.2) is 103 Å². The summed E-state index contributed by atoms with van der Waals surface area (Å²) in [7, 11) is 0. The summed E-state index contributed by atoms with van der Waals surface area (Å²) in [5.74, 6) is 0.725. The third kappa shape index (κ3) is 4.98. The van der Waals surface area contributed by atoms with Crippen molar-refractivity contribution in [2.75, 3.05) is 5.32 Å². The molecule has 5 aromatic rings. The van der Waals surface area contributed by atoms with Crippen LogP contribution in [0.1, 0.15) is 26.8 Å². The fraction of sp³-hybridized carbons (Fsp3) is 0.0714. The number of amides is 1. The number of hydrogen-bond donors (Lipinski definition) is 2. The van der Waals surface area contributed by atoms with Crippen molar-refractivity contribution in [3.05, 3.63) is 118 Å². The Kier molecular flexibility index (Phi) is 6.21. The zero-order chi connectivity index (χ0) is 22.6. The Hall–Kier alpha value is -3.45. The molecule has 5 heteroatoms. The Labute approximate surface area is 203 Å². The Morgan fingerprint density at radius 3 is 2.42 bits per heavy atom. The van der Waals surface area contributed by atoms with Gasteiger partial charge in [0.25, 0.3) is 0 Å². The van der Waals surface area contributed by atoms with Crippen LogP contribution in [0.2, 0.25) is 0 Å². The van der Waals surface area contributed by atoms with Crippen LogP contribution >= 0.6 is 0 Å². The predicted molar refractivity (Wildman–Crippen MR) is 129 cm³/mol. The van der Waals surface area contributed by atoms with E-state index in [0.29, 0.717) is 9.49 Å². The molecule has 33 heavy (non-hydrogen) atoms. The number of carbonyl (C=O) groups is 1. The van der Waals surface area contributed by atoms with Gasteiger partial charge in [-0.2, -0.15) is 0 Å². The minimum absolute atomic E-state index is 0.0929. The predicted octanol–water partition coefficient (Wildman–Crippen LogP) is 3.50. The molecule has 0 aliphatic rings. The summed E-state index contributed by atoms with van der Waals surface area (Å²) in [6.07, 6.45) is 0. The molecule has 0 saturated carbocycles. The summed E-state index contributed by atoms with van der Waals surface area (Å²) in [5.41, 5.74) is 5.73. The molecule has 1 amide bonds. The molecule has 4 nitrogen and oxygen atoms in total.